The summed E-state index contributed by atoms with van der Waals surface area (Å²) in [5.41, 5.74) is 6.07. The Balaban J connectivity index is 2.12. The summed E-state index contributed by atoms with van der Waals surface area (Å²) in [6.07, 6.45) is 2.21. The van der Waals surface area contributed by atoms with Crippen LogP contribution in [-0.4, -0.2) is 29.9 Å². The van der Waals surface area contributed by atoms with E-state index in [2.05, 4.69) is 18.8 Å². The van der Waals surface area contributed by atoms with E-state index in [0.29, 0.717) is 12.6 Å². The smallest absolute Gasteiger partial charge is 0.254 e. The quantitative estimate of drug-likeness (QED) is 0.769. The molecule has 2 rings (SSSR count). The van der Waals surface area contributed by atoms with Gasteiger partial charge >= 0.3 is 0 Å². The van der Waals surface area contributed by atoms with Crippen molar-refractivity contribution in [3.63, 3.8) is 0 Å². The molecule has 2 N–H and O–H groups in total. The fourth-order valence-corrected chi connectivity index (χ4v) is 2.80. The molecule has 1 unspecified atom stereocenters. The van der Waals surface area contributed by atoms with Crippen molar-refractivity contribution in [1.29, 1.82) is 0 Å². The van der Waals surface area contributed by atoms with E-state index in [1.807, 2.05) is 16.3 Å². The van der Waals surface area contributed by atoms with E-state index in [9.17, 15) is 4.79 Å². The van der Waals surface area contributed by atoms with Gasteiger partial charge in [-0.25, -0.2) is 0 Å². The Kier molecular flexibility index (Phi) is 3.82. The SMILES string of the molecule is CC1CCCN1C(=O)c1csc(C#CCN)c1. The highest BCUT2D eigenvalue weighted by Crippen LogP contribution is 2.22. The normalized spacial score (nSPS) is 18.9. The van der Waals surface area contributed by atoms with Crippen molar-refractivity contribution in [2.75, 3.05) is 13.1 Å². The largest absolute Gasteiger partial charge is 0.336 e. The molecule has 1 atom stereocenters. The van der Waals surface area contributed by atoms with Crippen molar-refractivity contribution >= 4 is 17.2 Å². The lowest BCUT2D eigenvalue weighted by molar-refractivity contribution is 0.0748. The minimum absolute atomic E-state index is 0.132. The highest BCUT2D eigenvalue weighted by atomic mass is 32.1. The molecule has 0 radical (unpaired) electrons. The Labute approximate surface area is 106 Å². The molecule has 1 amide bonds. The number of nitrogens with two attached hydrogens (primary N) is 1. The van der Waals surface area contributed by atoms with Crippen molar-refractivity contribution in [2.45, 2.75) is 25.8 Å². The Hall–Kier alpha value is -1.31. The molecule has 17 heavy (non-hydrogen) atoms. The van der Waals surface area contributed by atoms with Gasteiger partial charge < -0.3 is 10.6 Å². The summed E-state index contributed by atoms with van der Waals surface area (Å²) >= 11 is 1.50. The lowest BCUT2D eigenvalue weighted by Crippen LogP contribution is -2.33. The minimum atomic E-state index is 0.132. The summed E-state index contributed by atoms with van der Waals surface area (Å²) < 4.78 is 0. The number of hydrogen-bond donors (Lipinski definition) is 1. The van der Waals surface area contributed by atoms with Gasteiger partial charge in [0.1, 0.15) is 0 Å². The van der Waals surface area contributed by atoms with Crippen LogP contribution in [0.25, 0.3) is 0 Å². The molecule has 1 aromatic rings. The van der Waals surface area contributed by atoms with Gasteiger partial charge in [0.15, 0.2) is 0 Å². The van der Waals surface area contributed by atoms with Crippen LogP contribution in [0.2, 0.25) is 0 Å². The molecule has 1 aliphatic rings. The second kappa shape index (κ2) is 5.35. The molecule has 1 fully saturated rings. The zero-order valence-corrected chi connectivity index (χ0v) is 10.7. The molecule has 0 aromatic carbocycles. The van der Waals surface area contributed by atoms with Crippen molar-refractivity contribution in [3.05, 3.63) is 21.9 Å². The van der Waals surface area contributed by atoms with E-state index in [1.165, 1.54) is 11.3 Å². The first-order valence-corrected chi connectivity index (χ1v) is 6.69. The van der Waals surface area contributed by atoms with Crippen molar-refractivity contribution in [2.24, 2.45) is 5.73 Å². The predicted octanol–water partition coefficient (Wildman–Crippen LogP) is 1.68. The standard InChI is InChI=1S/C13H16N2OS/c1-10-4-3-7-15(10)13(16)11-8-12(17-9-11)5-2-6-14/h8-10H,3-4,6-7,14H2,1H3. The maximum absolute atomic E-state index is 12.2. The van der Waals surface area contributed by atoms with Gasteiger partial charge in [-0.15, -0.1) is 11.3 Å². The number of rotatable bonds is 1. The number of thiophene rings is 1. The van der Waals surface area contributed by atoms with E-state index in [-0.39, 0.29) is 5.91 Å². The lowest BCUT2D eigenvalue weighted by atomic mass is 10.2. The highest BCUT2D eigenvalue weighted by Gasteiger charge is 2.26. The van der Waals surface area contributed by atoms with Crippen LogP contribution in [0.4, 0.5) is 0 Å². The van der Waals surface area contributed by atoms with Crippen LogP contribution >= 0.6 is 11.3 Å². The van der Waals surface area contributed by atoms with Crippen LogP contribution < -0.4 is 5.73 Å². The third kappa shape index (κ3) is 2.68. The summed E-state index contributed by atoms with van der Waals surface area (Å²) in [5, 5.41) is 1.88. The van der Waals surface area contributed by atoms with Gasteiger partial charge in [-0.3, -0.25) is 4.79 Å². The van der Waals surface area contributed by atoms with Crippen LogP contribution in [0, 0.1) is 11.8 Å². The van der Waals surface area contributed by atoms with Gasteiger partial charge in [-0.05, 0) is 25.8 Å². The third-order valence-electron chi connectivity index (χ3n) is 2.97. The molecule has 0 bridgehead atoms. The average Bonchev–Trinajstić information content (AvgIpc) is 2.94. The number of amides is 1. The Morgan fingerprint density at radius 2 is 2.53 bits per heavy atom. The molecule has 0 aliphatic carbocycles. The molecular weight excluding hydrogens is 232 g/mol. The number of likely N-dealkylation sites (tertiary alicyclic amines) is 1. The second-order valence-corrected chi connectivity index (χ2v) is 5.11. The van der Waals surface area contributed by atoms with Gasteiger partial charge in [0.05, 0.1) is 17.0 Å². The van der Waals surface area contributed by atoms with E-state index in [1.54, 1.807) is 0 Å². The highest BCUT2D eigenvalue weighted by molar-refractivity contribution is 7.10. The fourth-order valence-electron chi connectivity index (χ4n) is 2.05. The fraction of sp³-hybridized carbons (Fsp3) is 0.462. The third-order valence-corrected chi connectivity index (χ3v) is 3.82. The molecular formula is C13H16N2OS. The Bertz CT molecular complexity index is 469. The number of carbonyl (C=O) groups is 1. The molecule has 1 aromatic heterocycles. The first-order valence-electron chi connectivity index (χ1n) is 5.81. The molecule has 2 heterocycles. The van der Waals surface area contributed by atoms with Crippen LogP contribution in [0.3, 0.4) is 0 Å². The monoisotopic (exact) mass is 248 g/mol. The number of hydrogen-bond acceptors (Lipinski definition) is 3. The predicted molar refractivity (Wildman–Crippen MR) is 70.0 cm³/mol. The van der Waals surface area contributed by atoms with E-state index >= 15 is 0 Å². The first kappa shape index (κ1) is 12.2. The van der Waals surface area contributed by atoms with Crippen LogP contribution in [-0.2, 0) is 0 Å². The maximum Gasteiger partial charge on any atom is 0.254 e. The van der Waals surface area contributed by atoms with E-state index < -0.39 is 0 Å². The molecule has 0 spiro atoms. The number of nitrogens with zero attached hydrogens (tertiary/aromatic N) is 1. The Morgan fingerprint density at radius 3 is 3.18 bits per heavy atom. The van der Waals surface area contributed by atoms with Crippen molar-refractivity contribution in [3.8, 4) is 11.8 Å². The van der Waals surface area contributed by atoms with Crippen molar-refractivity contribution < 1.29 is 4.79 Å². The first-order chi connectivity index (χ1) is 8.22. The van der Waals surface area contributed by atoms with E-state index in [0.717, 1.165) is 29.8 Å². The molecule has 0 saturated carbocycles. The number of carbonyl (C=O) groups excluding carboxylic acids is 1. The summed E-state index contributed by atoms with van der Waals surface area (Å²) in [7, 11) is 0. The Morgan fingerprint density at radius 1 is 1.71 bits per heavy atom. The second-order valence-electron chi connectivity index (χ2n) is 4.20. The van der Waals surface area contributed by atoms with Crippen LogP contribution in [0.5, 0.6) is 0 Å². The van der Waals surface area contributed by atoms with Gasteiger partial charge in [0.2, 0.25) is 0 Å². The van der Waals surface area contributed by atoms with Gasteiger partial charge in [0.25, 0.3) is 5.91 Å². The molecule has 1 aliphatic heterocycles. The molecule has 3 nitrogen and oxygen atoms in total. The van der Waals surface area contributed by atoms with Gasteiger partial charge in [-0.1, -0.05) is 11.8 Å². The van der Waals surface area contributed by atoms with Gasteiger partial charge in [-0.2, -0.15) is 0 Å². The minimum Gasteiger partial charge on any atom is -0.336 e. The van der Waals surface area contributed by atoms with Crippen LogP contribution in [0.15, 0.2) is 11.4 Å². The zero-order chi connectivity index (χ0) is 12.3. The topological polar surface area (TPSA) is 46.3 Å². The summed E-state index contributed by atoms with van der Waals surface area (Å²) in [6.45, 7) is 3.33. The maximum atomic E-state index is 12.2. The van der Waals surface area contributed by atoms with Crippen molar-refractivity contribution in [1.82, 2.24) is 4.90 Å². The summed E-state index contributed by atoms with van der Waals surface area (Å²) in [4.78, 5) is 15.1. The average molecular weight is 248 g/mol. The summed E-state index contributed by atoms with van der Waals surface area (Å²) in [5.74, 6) is 5.88. The zero-order valence-electron chi connectivity index (χ0n) is 9.90. The summed E-state index contributed by atoms with van der Waals surface area (Å²) in [6, 6.07) is 2.22. The van der Waals surface area contributed by atoms with E-state index in [4.69, 9.17) is 5.73 Å². The molecule has 90 valence electrons. The van der Waals surface area contributed by atoms with Gasteiger partial charge in [0, 0.05) is 18.0 Å². The molecule has 4 heteroatoms. The lowest BCUT2D eigenvalue weighted by Gasteiger charge is -2.20. The van der Waals surface area contributed by atoms with Crippen LogP contribution in [0.1, 0.15) is 35.0 Å². The molecule has 1 saturated heterocycles.